The summed E-state index contributed by atoms with van der Waals surface area (Å²) in [6.07, 6.45) is 1.69. The first-order chi connectivity index (χ1) is 12.5. The summed E-state index contributed by atoms with van der Waals surface area (Å²) in [5.41, 5.74) is 6.27. The molecule has 2 aromatic carbocycles. The normalized spacial score (nSPS) is 10.9. The van der Waals surface area contributed by atoms with Crippen molar-refractivity contribution in [1.82, 2.24) is 4.98 Å². The van der Waals surface area contributed by atoms with E-state index in [1.54, 1.807) is 35.8 Å². The average molecular weight is 365 g/mol. The number of nitrogens with zero attached hydrogens (tertiary/aromatic N) is 2. The molecule has 0 atom stereocenters. The Kier molecular flexibility index (Phi) is 5.43. The monoisotopic (exact) mass is 365 g/mol. The Bertz CT molecular complexity index is 926. The van der Waals surface area contributed by atoms with Gasteiger partial charge in [0.1, 0.15) is 5.75 Å². The summed E-state index contributed by atoms with van der Waals surface area (Å²) in [7, 11) is 0. The van der Waals surface area contributed by atoms with Gasteiger partial charge in [-0.2, -0.15) is 5.10 Å². The predicted molar refractivity (Wildman–Crippen MR) is 105 cm³/mol. The predicted octanol–water partition coefficient (Wildman–Crippen LogP) is 4.73. The second kappa shape index (κ2) is 7.93. The van der Waals surface area contributed by atoms with Crippen molar-refractivity contribution in [3.05, 3.63) is 75.8 Å². The molecule has 5 nitrogen and oxygen atoms in total. The number of ether oxygens (including phenoxy) is 1. The smallest absolute Gasteiger partial charge is 0.343 e. The third-order valence-electron chi connectivity index (χ3n) is 3.86. The van der Waals surface area contributed by atoms with E-state index in [2.05, 4.69) is 15.5 Å². The third-order valence-corrected chi connectivity index (χ3v) is 4.84. The first-order valence-electron chi connectivity index (χ1n) is 8.14. The van der Waals surface area contributed by atoms with Crippen LogP contribution in [-0.4, -0.2) is 17.2 Å². The molecular formula is C20H19N3O2S. The number of carbonyl (C=O) groups excluding carboxylic acids is 1. The first kappa shape index (κ1) is 17.8. The van der Waals surface area contributed by atoms with Crippen LogP contribution in [0.2, 0.25) is 0 Å². The summed E-state index contributed by atoms with van der Waals surface area (Å²) in [6, 6.07) is 14.5. The molecule has 3 aromatic rings. The summed E-state index contributed by atoms with van der Waals surface area (Å²) in [5.74, 6) is 0.134. The van der Waals surface area contributed by atoms with Gasteiger partial charge in [-0.25, -0.2) is 9.78 Å². The van der Waals surface area contributed by atoms with Gasteiger partial charge in [0.2, 0.25) is 5.13 Å². The van der Waals surface area contributed by atoms with Crippen molar-refractivity contribution in [3.8, 4) is 5.75 Å². The van der Waals surface area contributed by atoms with Crippen LogP contribution >= 0.6 is 11.3 Å². The van der Waals surface area contributed by atoms with Gasteiger partial charge in [-0.15, -0.1) is 11.3 Å². The molecule has 0 saturated carbocycles. The van der Waals surface area contributed by atoms with Gasteiger partial charge < -0.3 is 4.74 Å². The minimum atomic E-state index is -0.360. The van der Waals surface area contributed by atoms with Crippen LogP contribution in [0.25, 0.3) is 0 Å². The molecule has 0 radical (unpaired) electrons. The summed E-state index contributed by atoms with van der Waals surface area (Å²) < 4.78 is 5.42. The van der Waals surface area contributed by atoms with Crippen LogP contribution in [-0.2, 0) is 0 Å². The first-order valence-corrected chi connectivity index (χ1v) is 8.95. The van der Waals surface area contributed by atoms with Crippen molar-refractivity contribution in [2.45, 2.75) is 20.8 Å². The topological polar surface area (TPSA) is 63.6 Å². The molecule has 3 rings (SSSR count). The molecule has 132 valence electrons. The number of carbonyl (C=O) groups is 1. The molecule has 0 bridgehead atoms. The van der Waals surface area contributed by atoms with Crippen LogP contribution in [0.5, 0.6) is 5.75 Å². The van der Waals surface area contributed by atoms with Gasteiger partial charge >= 0.3 is 5.97 Å². The van der Waals surface area contributed by atoms with Crippen LogP contribution in [0.1, 0.15) is 32.1 Å². The lowest BCUT2D eigenvalue weighted by molar-refractivity contribution is 0.0734. The molecule has 0 aliphatic heterocycles. The largest absolute Gasteiger partial charge is 0.423 e. The Labute approximate surface area is 156 Å². The van der Waals surface area contributed by atoms with Gasteiger partial charge in [0.15, 0.2) is 0 Å². The van der Waals surface area contributed by atoms with E-state index < -0.39 is 0 Å². The van der Waals surface area contributed by atoms with Gasteiger partial charge in [0.05, 0.1) is 17.5 Å². The highest BCUT2D eigenvalue weighted by atomic mass is 32.1. The SMILES string of the molecule is Cc1ccccc1C(=O)Oc1ccc(/C=N/Nc2nc(C)c(C)s2)cc1. The molecule has 26 heavy (non-hydrogen) atoms. The van der Waals surface area contributed by atoms with Crippen molar-refractivity contribution in [2.75, 3.05) is 5.43 Å². The Morgan fingerprint density at radius 2 is 1.85 bits per heavy atom. The maximum Gasteiger partial charge on any atom is 0.343 e. The molecule has 0 aliphatic rings. The second-order valence-corrected chi connectivity index (χ2v) is 7.01. The Balaban J connectivity index is 1.60. The second-order valence-electron chi connectivity index (χ2n) is 5.80. The van der Waals surface area contributed by atoms with Crippen molar-refractivity contribution in [2.24, 2.45) is 5.10 Å². The number of benzene rings is 2. The number of rotatable bonds is 5. The number of thiazole rings is 1. The zero-order valence-corrected chi connectivity index (χ0v) is 15.6. The fourth-order valence-corrected chi connectivity index (χ4v) is 3.03. The summed E-state index contributed by atoms with van der Waals surface area (Å²) >= 11 is 1.56. The maximum absolute atomic E-state index is 12.2. The van der Waals surface area contributed by atoms with E-state index in [9.17, 15) is 4.79 Å². The number of aromatic nitrogens is 1. The Morgan fingerprint density at radius 3 is 2.50 bits per heavy atom. The highest BCUT2D eigenvalue weighted by Gasteiger charge is 2.10. The molecule has 1 heterocycles. The van der Waals surface area contributed by atoms with E-state index in [1.807, 2.05) is 51.1 Å². The van der Waals surface area contributed by atoms with Gasteiger partial charge in [-0.3, -0.25) is 5.43 Å². The molecule has 0 amide bonds. The fourth-order valence-electron chi connectivity index (χ4n) is 2.27. The molecule has 0 spiro atoms. The van der Waals surface area contributed by atoms with E-state index >= 15 is 0 Å². The van der Waals surface area contributed by atoms with E-state index in [0.29, 0.717) is 11.3 Å². The Morgan fingerprint density at radius 1 is 1.12 bits per heavy atom. The summed E-state index contributed by atoms with van der Waals surface area (Å²) in [5, 5.41) is 4.95. The standard InChI is InChI=1S/C20H19N3O2S/c1-13-6-4-5-7-18(13)19(24)25-17-10-8-16(9-11-17)12-21-23-20-22-14(2)15(3)26-20/h4-12H,1-3H3,(H,22,23)/b21-12+. The minimum absolute atomic E-state index is 0.360. The fraction of sp³-hybridized carbons (Fsp3) is 0.150. The average Bonchev–Trinajstić information content (AvgIpc) is 2.94. The van der Waals surface area contributed by atoms with Crippen LogP contribution in [0, 0.1) is 20.8 Å². The van der Waals surface area contributed by atoms with Gasteiger partial charge in [0.25, 0.3) is 0 Å². The van der Waals surface area contributed by atoms with E-state index in [1.165, 1.54) is 4.88 Å². The highest BCUT2D eigenvalue weighted by Crippen LogP contribution is 2.21. The van der Waals surface area contributed by atoms with Crippen molar-refractivity contribution < 1.29 is 9.53 Å². The van der Waals surface area contributed by atoms with Crippen molar-refractivity contribution >= 4 is 28.7 Å². The number of anilines is 1. The number of hydrogen-bond acceptors (Lipinski definition) is 6. The van der Waals surface area contributed by atoms with Crippen LogP contribution in [0.4, 0.5) is 5.13 Å². The van der Waals surface area contributed by atoms with Gasteiger partial charge in [-0.1, -0.05) is 18.2 Å². The molecule has 0 fully saturated rings. The van der Waals surface area contributed by atoms with Crippen molar-refractivity contribution in [3.63, 3.8) is 0 Å². The summed E-state index contributed by atoms with van der Waals surface area (Å²) in [6.45, 7) is 5.88. The molecular weight excluding hydrogens is 346 g/mol. The van der Waals surface area contributed by atoms with Gasteiger partial charge in [0, 0.05) is 4.88 Å². The van der Waals surface area contributed by atoms with E-state index in [4.69, 9.17) is 4.74 Å². The highest BCUT2D eigenvalue weighted by molar-refractivity contribution is 7.15. The van der Waals surface area contributed by atoms with Gasteiger partial charge in [-0.05, 0) is 62.2 Å². The van der Waals surface area contributed by atoms with Crippen LogP contribution in [0.3, 0.4) is 0 Å². The zero-order valence-electron chi connectivity index (χ0n) is 14.8. The molecule has 0 saturated heterocycles. The summed E-state index contributed by atoms with van der Waals surface area (Å²) in [4.78, 5) is 17.7. The van der Waals surface area contributed by atoms with E-state index in [-0.39, 0.29) is 5.97 Å². The number of aryl methyl sites for hydroxylation is 3. The number of nitrogens with one attached hydrogen (secondary N) is 1. The van der Waals surface area contributed by atoms with Crippen molar-refractivity contribution in [1.29, 1.82) is 0 Å². The molecule has 6 heteroatoms. The van der Waals surface area contributed by atoms with E-state index in [0.717, 1.165) is 22.0 Å². The molecule has 1 N–H and O–H groups in total. The Hall–Kier alpha value is -2.99. The lowest BCUT2D eigenvalue weighted by atomic mass is 10.1. The number of esters is 1. The molecule has 0 aliphatic carbocycles. The lowest BCUT2D eigenvalue weighted by Gasteiger charge is -2.06. The maximum atomic E-state index is 12.2. The number of hydrogen-bond donors (Lipinski definition) is 1. The quantitative estimate of drug-likeness (QED) is 0.307. The van der Waals surface area contributed by atoms with Crippen LogP contribution < -0.4 is 10.2 Å². The molecule has 0 unspecified atom stereocenters. The molecule has 1 aromatic heterocycles. The number of hydrazone groups is 1. The third kappa shape index (κ3) is 4.34. The minimum Gasteiger partial charge on any atom is -0.423 e. The van der Waals surface area contributed by atoms with Crippen LogP contribution in [0.15, 0.2) is 53.6 Å². The zero-order chi connectivity index (χ0) is 18.5. The lowest BCUT2D eigenvalue weighted by Crippen LogP contribution is -2.10.